The highest BCUT2D eigenvalue weighted by atomic mass is 16.6. The number of unbranched alkanes of at least 4 members (excludes halogenated alkanes) is 24. The van der Waals surface area contributed by atoms with Gasteiger partial charge in [-0.3, -0.25) is 28.3 Å². The molecule has 5 heterocycles. The minimum atomic E-state index is -1.14. The Labute approximate surface area is 561 Å². The van der Waals surface area contributed by atoms with Crippen molar-refractivity contribution in [2.45, 2.75) is 355 Å². The first-order valence-electron chi connectivity index (χ1n) is 36.9. The molecule has 532 valence electrons. The van der Waals surface area contributed by atoms with Gasteiger partial charge in [-0.05, 0) is 91.1 Å². The zero-order chi connectivity index (χ0) is 67.6. The fourth-order valence-corrected chi connectivity index (χ4v) is 12.4. The highest BCUT2D eigenvalue weighted by molar-refractivity contribution is 5.70. The Bertz CT molecular complexity index is 2780. The van der Waals surface area contributed by atoms with Crippen LogP contribution in [0.4, 0.5) is 0 Å². The molecule has 94 heavy (non-hydrogen) atoms. The van der Waals surface area contributed by atoms with Gasteiger partial charge in [-0.1, -0.05) is 211 Å². The number of carbonyl (C=O) groups excluding carboxylic acids is 3. The van der Waals surface area contributed by atoms with Crippen molar-refractivity contribution in [2.24, 2.45) is 0 Å². The first-order chi connectivity index (χ1) is 45.8. The lowest BCUT2D eigenvalue weighted by Gasteiger charge is -2.25. The van der Waals surface area contributed by atoms with Crippen LogP contribution in [0.15, 0.2) is 40.4 Å². The number of carbonyl (C=O) groups is 3. The summed E-state index contributed by atoms with van der Waals surface area (Å²) in [4.78, 5) is 70.9. The van der Waals surface area contributed by atoms with Gasteiger partial charge >= 0.3 is 23.6 Å². The molecule has 4 aromatic rings. The Hall–Kier alpha value is -5.65. The van der Waals surface area contributed by atoms with Crippen molar-refractivity contribution >= 4 is 17.9 Å². The van der Waals surface area contributed by atoms with E-state index in [1.165, 1.54) is 108 Å². The number of hydrogen-bond donors (Lipinski definition) is 0. The van der Waals surface area contributed by atoms with Gasteiger partial charge in [-0.2, -0.15) is 0 Å². The summed E-state index contributed by atoms with van der Waals surface area (Å²) in [5.74, 6) is -1.18. The second-order valence-corrected chi connectivity index (χ2v) is 26.6. The summed E-state index contributed by atoms with van der Waals surface area (Å²) in [6, 6.07) is 1.28. The van der Waals surface area contributed by atoms with Gasteiger partial charge in [0.2, 0.25) is 0 Å². The summed E-state index contributed by atoms with van der Waals surface area (Å²) in [6.45, 7) is 12.7. The summed E-state index contributed by atoms with van der Waals surface area (Å²) in [6.07, 6.45) is 41.0. The maximum Gasteiger partial charge on any atom is 0.333 e. The number of likely N-dealkylation sites (N-methyl/N-ethyl adjacent to an activating group) is 1. The van der Waals surface area contributed by atoms with E-state index < -0.39 is 41.8 Å². The molecule has 4 aromatic heterocycles. The first-order valence-corrected chi connectivity index (χ1v) is 36.9. The van der Waals surface area contributed by atoms with E-state index in [0.29, 0.717) is 17.9 Å². The highest BCUT2D eigenvalue weighted by Gasteiger charge is 2.48. The van der Waals surface area contributed by atoms with E-state index in [4.69, 9.17) is 28.4 Å². The quantitative estimate of drug-likeness (QED) is 0.0226. The highest BCUT2D eigenvalue weighted by Crippen LogP contribution is 2.35. The lowest BCUT2D eigenvalue weighted by molar-refractivity contribution is -0.151. The molecule has 0 saturated carbocycles. The third-order valence-corrected chi connectivity index (χ3v) is 17.7. The minimum Gasteiger partial charge on any atom is -0.461 e. The standard InChI is InChI=1S/C71H122N12O11/c1-9-15-21-27-30-36-42-60(39-33-24-18-12-4)91-65(85)52-79-47-57(72-75-79)50-83-64(84)45-46-82(71(83)88)70-69(90-56-59-49-81(77-74-59)54-67(87)93-62(41-35-26-20-14-6)44-38-32-29-23-17-11-3)68(63(94-70)51-78(7)8)89-55-58-48-80(76-73-58)53-66(86)92-61(40-34-25-19-13-5)43-37-31-28-22-16-10-2/h45-49,60-63,68-70H,9-44,50-56H2,1-8H3/t60?,61?,62?,63-,68-,69-,70-/m1/s1. The Balaban J connectivity index is 1.35. The van der Waals surface area contributed by atoms with E-state index in [1.807, 2.05) is 19.0 Å². The predicted molar refractivity (Wildman–Crippen MR) is 364 cm³/mol. The van der Waals surface area contributed by atoms with Gasteiger partial charge in [0.25, 0.3) is 5.56 Å². The molecule has 0 spiro atoms. The van der Waals surface area contributed by atoms with Gasteiger partial charge < -0.3 is 33.3 Å². The molecule has 1 aliphatic rings. The second kappa shape index (κ2) is 47.3. The molecule has 23 nitrogen and oxygen atoms in total. The molecule has 1 saturated heterocycles. The lowest BCUT2D eigenvalue weighted by atomic mass is 10.0. The maximum atomic E-state index is 14.8. The van der Waals surface area contributed by atoms with Gasteiger partial charge in [0.15, 0.2) is 6.23 Å². The van der Waals surface area contributed by atoms with Crippen molar-refractivity contribution in [2.75, 3.05) is 20.6 Å². The van der Waals surface area contributed by atoms with E-state index in [-0.39, 0.29) is 75.3 Å². The normalized spacial score (nSPS) is 16.6. The molecule has 0 bridgehead atoms. The van der Waals surface area contributed by atoms with E-state index in [1.54, 1.807) is 18.6 Å². The van der Waals surface area contributed by atoms with Crippen molar-refractivity contribution in [1.29, 1.82) is 0 Å². The van der Waals surface area contributed by atoms with E-state index in [0.717, 1.165) is 159 Å². The molecule has 7 atom stereocenters. The topological polar surface area (TPSA) is 246 Å². The van der Waals surface area contributed by atoms with Gasteiger partial charge in [0.1, 0.15) is 73.3 Å². The Kier molecular flexibility index (Phi) is 39.8. The van der Waals surface area contributed by atoms with Crippen molar-refractivity contribution in [1.82, 2.24) is 59.0 Å². The van der Waals surface area contributed by atoms with Crippen LogP contribution < -0.4 is 11.2 Å². The van der Waals surface area contributed by atoms with Crippen molar-refractivity contribution in [3.05, 3.63) is 68.8 Å². The van der Waals surface area contributed by atoms with Crippen molar-refractivity contribution in [3.63, 3.8) is 0 Å². The fourth-order valence-electron chi connectivity index (χ4n) is 12.4. The molecule has 0 radical (unpaired) electrons. The molecule has 23 heteroatoms. The van der Waals surface area contributed by atoms with Crippen LogP contribution in [0.2, 0.25) is 0 Å². The van der Waals surface area contributed by atoms with Crippen LogP contribution in [0.1, 0.15) is 296 Å². The monoisotopic (exact) mass is 1320 g/mol. The average Bonchev–Trinajstić information content (AvgIpc) is 1.57. The van der Waals surface area contributed by atoms with E-state index in [9.17, 15) is 24.0 Å². The van der Waals surface area contributed by atoms with Crippen molar-refractivity contribution in [3.8, 4) is 0 Å². The zero-order valence-electron chi connectivity index (χ0n) is 59.2. The molecule has 0 aromatic carbocycles. The summed E-state index contributed by atoms with van der Waals surface area (Å²) in [7, 11) is 3.79. The molecule has 1 aliphatic heterocycles. The van der Waals surface area contributed by atoms with Crippen LogP contribution in [0.25, 0.3) is 0 Å². The Morgan fingerprint density at radius 2 is 0.798 bits per heavy atom. The molecule has 5 rings (SSSR count). The minimum absolute atomic E-state index is 0.0647. The number of hydrogen-bond acceptors (Lipinski definition) is 18. The van der Waals surface area contributed by atoms with Crippen LogP contribution in [0.3, 0.4) is 0 Å². The third kappa shape index (κ3) is 31.0. The SMILES string of the molecule is CCCCCCCCC(CCCCCC)OC(=O)Cn1cc(CO[C@@H]2[C@H](OCc3cn(CC(=O)OC(CCCCCC)CCCCCCCC)nn3)[C@@H](CN(C)C)O[C@H]2n2ccc(=O)n(Cc3cn(CC(=O)OC(CCCCCC)CCCCCCCC)nn3)c2=O)nn1. The van der Waals surface area contributed by atoms with Gasteiger partial charge in [0.05, 0.1) is 38.3 Å². The van der Waals surface area contributed by atoms with Crippen LogP contribution >= 0.6 is 0 Å². The number of aromatic nitrogens is 11. The van der Waals surface area contributed by atoms with Gasteiger partial charge in [-0.15, -0.1) is 15.3 Å². The number of rotatable bonds is 56. The summed E-state index contributed by atoms with van der Waals surface area (Å²) in [5, 5.41) is 25.8. The lowest BCUT2D eigenvalue weighted by Crippen LogP contribution is -2.44. The summed E-state index contributed by atoms with van der Waals surface area (Å²) in [5.41, 5.74) is -0.173. The first kappa shape index (κ1) is 79.0. The zero-order valence-corrected chi connectivity index (χ0v) is 59.2. The molecule has 0 N–H and O–H groups in total. The van der Waals surface area contributed by atoms with Gasteiger partial charge in [0, 0.05) is 18.8 Å². The molecule has 0 aliphatic carbocycles. The Morgan fingerprint density at radius 3 is 1.17 bits per heavy atom. The predicted octanol–water partition coefficient (Wildman–Crippen LogP) is 13.4. The molecular formula is C71H122N12O11. The smallest absolute Gasteiger partial charge is 0.333 e. The summed E-state index contributed by atoms with van der Waals surface area (Å²) < 4.78 is 45.1. The van der Waals surface area contributed by atoms with E-state index in [2.05, 4.69) is 72.5 Å². The van der Waals surface area contributed by atoms with Crippen LogP contribution in [0.5, 0.6) is 0 Å². The molecule has 3 unspecified atom stereocenters. The number of ether oxygens (including phenoxy) is 6. The number of nitrogens with zero attached hydrogens (tertiary/aromatic N) is 12. The van der Waals surface area contributed by atoms with Crippen LogP contribution in [-0.4, -0.2) is 134 Å². The third-order valence-electron chi connectivity index (χ3n) is 17.7. The fraction of sp³-hybridized carbons (Fsp3) is 0.817. The molecule has 0 amide bonds. The molecular weight excluding hydrogens is 1200 g/mol. The van der Waals surface area contributed by atoms with Crippen molar-refractivity contribution < 1.29 is 42.8 Å². The van der Waals surface area contributed by atoms with Gasteiger partial charge in [-0.25, -0.2) is 18.8 Å². The largest absolute Gasteiger partial charge is 0.461 e. The summed E-state index contributed by atoms with van der Waals surface area (Å²) >= 11 is 0. The van der Waals surface area contributed by atoms with Crippen LogP contribution in [-0.2, 0) is 82.2 Å². The van der Waals surface area contributed by atoms with Crippen LogP contribution in [0, 0.1) is 0 Å². The maximum absolute atomic E-state index is 14.8. The molecule has 1 fully saturated rings. The van der Waals surface area contributed by atoms with E-state index >= 15 is 0 Å². The Morgan fingerprint density at radius 1 is 0.468 bits per heavy atom. The number of esters is 3. The second-order valence-electron chi connectivity index (χ2n) is 26.6. The average molecular weight is 1320 g/mol.